The fourth-order valence-electron chi connectivity index (χ4n) is 1.45. The summed E-state index contributed by atoms with van der Waals surface area (Å²) in [6, 6.07) is 3.29. The van der Waals surface area contributed by atoms with Gasteiger partial charge in [-0.2, -0.15) is 0 Å². The second kappa shape index (κ2) is 5.78. The number of phenols is 1. The lowest BCUT2D eigenvalue weighted by Gasteiger charge is -2.07. The van der Waals surface area contributed by atoms with Crippen molar-refractivity contribution in [3.63, 3.8) is 0 Å². The van der Waals surface area contributed by atoms with Crippen LogP contribution < -0.4 is 5.32 Å². The molecule has 2 N–H and O–H groups in total. The van der Waals surface area contributed by atoms with E-state index in [0.29, 0.717) is 6.54 Å². The Morgan fingerprint density at radius 1 is 1.33 bits per heavy atom. The van der Waals surface area contributed by atoms with Crippen LogP contribution in [-0.2, 0) is 13.0 Å². The summed E-state index contributed by atoms with van der Waals surface area (Å²) in [5, 5.41) is 14.2. The minimum Gasteiger partial charge on any atom is -0.505 e. The second-order valence-corrected chi connectivity index (χ2v) is 5.73. The summed E-state index contributed by atoms with van der Waals surface area (Å²) in [6.07, 6.45) is 2.81. The number of rotatable bonds is 4. The number of anilines is 1. The van der Waals surface area contributed by atoms with E-state index in [0.717, 1.165) is 22.0 Å². The van der Waals surface area contributed by atoms with Gasteiger partial charge >= 0.3 is 0 Å². The second-order valence-electron chi connectivity index (χ2n) is 3.72. The lowest BCUT2D eigenvalue weighted by atomic mass is 10.3. The molecule has 0 aliphatic rings. The van der Waals surface area contributed by atoms with E-state index in [4.69, 9.17) is 23.2 Å². The van der Waals surface area contributed by atoms with E-state index in [1.165, 1.54) is 0 Å². The summed E-state index contributed by atoms with van der Waals surface area (Å²) in [4.78, 5) is 5.43. The zero-order valence-electron chi connectivity index (χ0n) is 9.70. The maximum atomic E-state index is 9.45. The molecule has 1 aromatic heterocycles. The predicted molar refractivity (Wildman–Crippen MR) is 76.9 cm³/mol. The topological polar surface area (TPSA) is 45.2 Å². The third-order valence-electron chi connectivity index (χ3n) is 2.39. The number of nitrogens with zero attached hydrogens (tertiary/aromatic N) is 1. The highest BCUT2D eigenvalue weighted by molar-refractivity contribution is 7.11. The van der Waals surface area contributed by atoms with Gasteiger partial charge in [0.2, 0.25) is 0 Å². The number of hydrogen-bond donors (Lipinski definition) is 2. The molecule has 0 atom stereocenters. The molecule has 0 saturated heterocycles. The highest BCUT2D eigenvalue weighted by atomic mass is 35.5. The van der Waals surface area contributed by atoms with Gasteiger partial charge in [0.1, 0.15) is 0 Å². The average Bonchev–Trinajstić information content (AvgIpc) is 2.81. The van der Waals surface area contributed by atoms with Crippen molar-refractivity contribution in [1.82, 2.24) is 4.98 Å². The van der Waals surface area contributed by atoms with Crippen LogP contribution in [0, 0.1) is 0 Å². The van der Waals surface area contributed by atoms with Crippen molar-refractivity contribution < 1.29 is 5.11 Å². The van der Waals surface area contributed by atoms with Crippen LogP contribution in [0.5, 0.6) is 5.75 Å². The number of thiazole rings is 1. The molecule has 0 amide bonds. The molecule has 2 rings (SSSR count). The number of halogens is 2. The number of nitrogens with one attached hydrogen (secondary N) is 1. The van der Waals surface area contributed by atoms with Gasteiger partial charge in [-0.15, -0.1) is 11.3 Å². The summed E-state index contributed by atoms with van der Waals surface area (Å²) in [5.41, 5.74) is 0.772. The molecule has 0 aliphatic carbocycles. The molecule has 0 saturated carbocycles. The normalized spacial score (nSPS) is 10.6. The molecule has 1 aromatic carbocycles. The molecule has 1 heterocycles. The van der Waals surface area contributed by atoms with E-state index in [1.54, 1.807) is 23.5 Å². The van der Waals surface area contributed by atoms with Gasteiger partial charge in [-0.05, 0) is 18.6 Å². The highest BCUT2D eigenvalue weighted by Crippen LogP contribution is 2.34. The summed E-state index contributed by atoms with van der Waals surface area (Å²) < 4.78 is 0. The van der Waals surface area contributed by atoms with E-state index in [1.807, 2.05) is 6.20 Å². The van der Waals surface area contributed by atoms with Crippen molar-refractivity contribution in [1.29, 1.82) is 0 Å². The zero-order valence-corrected chi connectivity index (χ0v) is 12.0. The van der Waals surface area contributed by atoms with Crippen LogP contribution in [-0.4, -0.2) is 10.1 Å². The minimum absolute atomic E-state index is 0.0880. The standard InChI is InChI=1S/C12H12Cl2N2OS/c1-2-11-16-6-8(18-11)5-15-7-3-9(13)12(17)10(14)4-7/h3-4,6,15,17H,2,5H2,1H3. The summed E-state index contributed by atoms with van der Waals surface area (Å²) in [6.45, 7) is 2.74. The quantitative estimate of drug-likeness (QED) is 0.826. The lowest BCUT2D eigenvalue weighted by molar-refractivity contribution is 0.476. The van der Waals surface area contributed by atoms with Gasteiger partial charge in [-0.1, -0.05) is 30.1 Å². The van der Waals surface area contributed by atoms with E-state index >= 15 is 0 Å². The molecule has 18 heavy (non-hydrogen) atoms. The molecule has 0 fully saturated rings. The Labute approximate surface area is 119 Å². The zero-order chi connectivity index (χ0) is 13.1. The van der Waals surface area contributed by atoms with Gasteiger partial charge in [0.15, 0.2) is 5.75 Å². The van der Waals surface area contributed by atoms with Crippen LogP contribution in [0.15, 0.2) is 18.3 Å². The Morgan fingerprint density at radius 2 is 2.00 bits per heavy atom. The van der Waals surface area contributed by atoms with Gasteiger partial charge in [0, 0.05) is 16.8 Å². The molecule has 0 bridgehead atoms. The Bertz CT molecular complexity index is 534. The molecule has 96 valence electrons. The molecule has 0 aliphatic heterocycles. The summed E-state index contributed by atoms with van der Waals surface area (Å²) >= 11 is 13.4. The third kappa shape index (κ3) is 3.07. The Balaban J connectivity index is 2.06. The lowest BCUT2D eigenvalue weighted by Crippen LogP contribution is -1.97. The fraction of sp³-hybridized carbons (Fsp3) is 0.250. The number of aromatic hydroxyl groups is 1. The van der Waals surface area contributed by atoms with Crippen LogP contribution in [0.3, 0.4) is 0 Å². The van der Waals surface area contributed by atoms with Crippen LogP contribution in [0.2, 0.25) is 10.0 Å². The molecule has 0 spiro atoms. The van der Waals surface area contributed by atoms with Gasteiger partial charge in [0.05, 0.1) is 21.6 Å². The van der Waals surface area contributed by atoms with Gasteiger partial charge < -0.3 is 10.4 Å². The van der Waals surface area contributed by atoms with E-state index in [9.17, 15) is 5.11 Å². The first kappa shape index (κ1) is 13.5. The maximum absolute atomic E-state index is 9.45. The number of phenolic OH excluding ortho intramolecular Hbond substituents is 1. The Kier molecular flexibility index (Phi) is 4.32. The van der Waals surface area contributed by atoms with Crippen molar-refractivity contribution in [2.45, 2.75) is 19.9 Å². The van der Waals surface area contributed by atoms with Crippen LogP contribution >= 0.6 is 34.5 Å². The first-order valence-corrected chi connectivity index (χ1v) is 7.03. The van der Waals surface area contributed by atoms with Crippen molar-refractivity contribution in [2.75, 3.05) is 5.32 Å². The smallest absolute Gasteiger partial charge is 0.152 e. The molecule has 6 heteroatoms. The first-order chi connectivity index (χ1) is 8.60. The van der Waals surface area contributed by atoms with Crippen LogP contribution in [0.1, 0.15) is 16.8 Å². The van der Waals surface area contributed by atoms with Gasteiger partial charge in [-0.25, -0.2) is 4.98 Å². The molecule has 0 radical (unpaired) electrons. The van der Waals surface area contributed by atoms with Crippen molar-refractivity contribution in [2.24, 2.45) is 0 Å². The van der Waals surface area contributed by atoms with E-state index in [2.05, 4.69) is 17.2 Å². The van der Waals surface area contributed by atoms with E-state index < -0.39 is 0 Å². The van der Waals surface area contributed by atoms with Crippen LogP contribution in [0.4, 0.5) is 5.69 Å². The molecule has 0 unspecified atom stereocenters. The largest absolute Gasteiger partial charge is 0.505 e. The van der Waals surface area contributed by atoms with Gasteiger partial charge in [-0.3, -0.25) is 0 Å². The van der Waals surface area contributed by atoms with Crippen molar-refractivity contribution in [3.8, 4) is 5.75 Å². The third-order valence-corrected chi connectivity index (χ3v) is 4.11. The van der Waals surface area contributed by atoms with Crippen molar-refractivity contribution in [3.05, 3.63) is 38.3 Å². The SMILES string of the molecule is CCc1ncc(CNc2cc(Cl)c(O)c(Cl)c2)s1. The molecular formula is C12H12Cl2N2OS. The van der Waals surface area contributed by atoms with Crippen LogP contribution in [0.25, 0.3) is 0 Å². The maximum Gasteiger partial charge on any atom is 0.152 e. The molecular weight excluding hydrogens is 291 g/mol. The summed E-state index contributed by atoms with van der Waals surface area (Å²) in [5.74, 6) is -0.0880. The fourth-order valence-corrected chi connectivity index (χ4v) is 2.74. The number of benzene rings is 1. The average molecular weight is 303 g/mol. The minimum atomic E-state index is -0.0880. The van der Waals surface area contributed by atoms with E-state index in [-0.39, 0.29) is 15.8 Å². The molecule has 3 nitrogen and oxygen atoms in total. The molecule has 2 aromatic rings. The first-order valence-electron chi connectivity index (χ1n) is 5.45. The summed E-state index contributed by atoms with van der Waals surface area (Å²) in [7, 11) is 0. The highest BCUT2D eigenvalue weighted by Gasteiger charge is 2.07. The Morgan fingerprint density at radius 3 is 2.56 bits per heavy atom. The predicted octanol–water partition coefficient (Wildman–Crippen LogP) is 4.33. The number of aryl methyl sites for hydroxylation is 1. The Hall–Kier alpha value is -0.970. The number of hydrogen-bond acceptors (Lipinski definition) is 4. The van der Waals surface area contributed by atoms with Gasteiger partial charge in [0.25, 0.3) is 0 Å². The monoisotopic (exact) mass is 302 g/mol. The number of aromatic nitrogens is 1. The van der Waals surface area contributed by atoms with Crippen molar-refractivity contribution >= 4 is 40.2 Å².